The molecule has 0 bridgehead atoms. The molecule has 0 atom stereocenters. The fraction of sp³-hybridized carbons (Fsp3) is 0.562. The van der Waals surface area contributed by atoms with Crippen LogP contribution in [-0.4, -0.2) is 44.4 Å². The van der Waals surface area contributed by atoms with Gasteiger partial charge in [-0.3, -0.25) is 4.79 Å². The number of nitrogens with one attached hydrogen (secondary N) is 1. The molecule has 1 aliphatic heterocycles. The molecule has 2 aliphatic rings. The van der Waals surface area contributed by atoms with Gasteiger partial charge in [-0.2, -0.15) is 4.31 Å². The molecular formula is C16H22N2O4S. The van der Waals surface area contributed by atoms with Gasteiger partial charge in [-0.15, -0.1) is 0 Å². The van der Waals surface area contributed by atoms with Crippen LogP contribution in [0.1, 0.15) is 43.0 Å². The van der Waals surface area contributed by atoms with Crippen molar-refractivity contribution in [3.8, 4) is 5.75 Å². The van der Waals surface area contributed by atoms with Gasteiger partial charge in [0.2, 0.25) is 10.0 Å². The lowest BCUT2D eigenvalue weighted by Gasteiger charge is -2.19. The number of hydrogen-bond donors (Lipinski definition) is 1. The third-order valence-corrected chi connectivity index (χ3v) is 6.02. The number of rotatable bonds is 6. The number of benzene rings is 1. The molecule has 1 heterocycles. The van der Waals surface area contributed by atoms with Crippen LogP contribution >= 0.6 is 0 Å². The lowest BCUT2D eigenvalue weighted by atomic mass is 10.2. The van der Waals surface area contributed by atoms with E-state index in [9.17, 15) is 13.2 Å². The second-order valence-electron chi connectivity index (χ2n) is 5.95. The Morgan fingerprint density at radius 2 is 2.00 bits per heavy atom. The van der Waals surface area contributed by atoms with Crippen molar-refractivity contribution in [1.29, 1.82) is 0 Å². The van der Waals surface area contributed by atoms with Crippen LogP contribution < -0.4 is 10.1 Å². The van der Waals surface area contributed by atoms with E-state index in [2.05, 4.69) is 5.32 Å². The zero-order valence-corrected chi connectivity index (χ0v) is 14.1. The Kier molecular flexibility index (Phi) is 4.59. The first kappa shape index (κ1) is 16.3. The van der Waals surface area contributed by atoms with E-state index in [0.717, 1.165) is 25.7 Å². The molecule has 0 spiro atoms. The molecule has 0 aromatic heterocycles. The first-order chi connectivity index (χ1) is 11.0. The number of amides is 1. The third-order valence-electron chi connectivity index (χ3n) is 4.10. The summed E-state index contributed by atoms with van der Waals surface area (Å²) in [6.45, 7) is 3.22. The van der Waals surface area contributed by atoms with Crippen LogP contribution in [-0.2, 0) is 10.0 Å². The maximum atomic E-state index is 12.9. The average molecular weight is 338 g/mol. The molecular weight excluding hydrogens is 316 g/mol. The summed E-state index contributed by atoms with van der Waals surface area (Å²) in [5.74, 6) is 0.0794. The highest BCUT2D eigenvalue weighted by molar-refractivity contribution is 7.89. The summed E-state index contributed by atoms with van der Waals surface area (Å²) in [5.41, 5.74) is 0.359. The van der Waals surface area contributed by atoms with Crippen molar-refractivity contribution in [2.45, 2.75) is 43.5 Å². The highest BCUT2D eigenvalue weighted by Gasteiger charge is 2.31. The van der Waals surface area contributed by atoms with Crippen LogP contribution in [0.5, 0.6) is 5.75 Å². The molecule has 3 rings (SSSR count). The van der Waals surface area contributed by atoms with Gasteiger partial charge in [0, 0.05) is 24.7 Å². The minimum atomic E-state index is -3.63. The topological polar surface area (TPSA) is 75.7 Å². The van der Waals surface area contributed by atoms with Crippen molar-refractivity contribution in [3.63, 3.8) is 0 Å². The molecule has 126 valence electrons. The zero-order chi connectivity index (χ0) is 16.4. The molecule has 2 fully saturated rings. The van der Waals surface area contributed by atoms with E-state index in [1.807, 2.05) is 0 Å². The van der Waals surface area contributed by atoms with Crippen LogP contribution in [0.25, 0.3) is 0 Å². The molecule has 1 N–H and O–H groups in total. The van der Waals surface area contributed by atoms with Gasteiger partial charge in [-0.1, -0.05) is 0 Å². The number of carbonyl (C=O) groups is 1. The minimum absolute atomic E-state index is 0.0877. The number of nitrogens with zero attached hydrogens (tertiary/aromatic N) is 1. The SMILES string of the molecule is CCOc1ccc(C(=O)NC2CC2)cc1S(=O)(=O)N1CCCC1. The Balaban J connectivity index is 1.95. The van der Waals surface area contributed by atoms with Crippen molar-refractivity contribution >= 4 is 15.9 Å². The first-order valence-corrected chi connectivity index (χ1v) is 9.54. The van der Waals surface area contributed by atoms with E-state index < -0.39 is 10.0 Å². The largest absolute Gasteiger partial charge is 0.492 e. The molecule has 23 heavy (non-hydrogen) atoms. The van der Waals surface area contributed by atoms with Crippen molar-refractivity contribution in [1.82, 2.24) is 9.62 Å². The van der Waals surface area contributed by atoms with Crippen molar-refractivity contribution < 1.29 is 17.9 Å². The zero-order valence-electron chi connectivity index (χ0n) is 13.2. The number of sulfonamides is 1. The van der Waals surface area contributed by atoms with Gasteiger partial charge in [0.05, 0.1) is 6.61 Å². The molecule has 1 saturated heterocycles. The molecule has 1 saturated carbocycles. The summed E-state index contributed by atoms with van der Waals surface area (Å²) >= 11 is 0. The van der Waals surface area contributed by atoms with Gasteiger partial charge in [0.1, 0.15) is 10.6 Å². The molecule has 1 aliphatic carbocycles. The van der Waals surface area contributed by atoms with Crippen molar-refractivity contribution in [2.24, 2.45) is 0 Å². The molecule has 1 aromatic rings. The van der Waals surface area contributed by atoms with E-state index in [0.29, 0.717) is 31.0 Å². The highest BCUT2D eigenvalue weighted by Crippen LogP contribution is 2.30. The van der Waals surface area contributed by atoms with Gasteiger partial charge >= 0.3 is 0 Å². The quantitative estimate of drug-likeness (QED) is 0.857. The molecule has 6 nitrogen and oxygen atoms in total. The lowest BCUT2D eigenvalue weighted by Crippen LogP contribution is -2.29. The molecule has 7 heteroatoms. The van der Waals surface area contributed by atoms with E-state index in [-0.39, 0.29) is 16.8 Å². The lowest BCUT2D eigenvalue weighted by molar-refractivity contribution is 0.0951. The average Bonchev–Trinajstić information content (AvgIpc) is 3.16. The Bertz CT molecular complexity index is 692. The van der Waals surface area contributed by atoms with E-state index in [1.165, 1.54) is 10.4 Å². The van der Waals surface area contributed by atoms with Crippen molar-refractivity contribution in [2.75, 3.05) is 19.7 Å². The van der Waals surface area contributed by atoms with Crippen LogP contribution in [0.3, 0.4) is 0 Å². The standard InChI is InChI=1S/C16H22N2O4S/c1-2-22-14-8-5-12(16(19)17-13-6-7-13)11-15(14)23(20,21)18-9-3-4-10-18/h5,8,11,13H,2-4,6-7,9-10H2,1H3,(H,17,19). The predicted octanol–water partition coefficient (Wildman–Crippen LogP) is 1.76. The summed E-state index contributed by atoms with van der Waals surface area (Å²) in [5, 5.41) is 2.88. The van der Waals surface area contributed by atoms with Gasteiger partial charge in [-0.05, 0) is 50.8 Å². The smallest absolute Gasteiger partial charge is 0.251 e. The van der Waals surface area contributed by atoms with E-state index >= 15 is 0 Å². The molecule has 1 amide bonds. The number of ether oxygens (including phenoxy) is 1. The second kappa shape index (κ2) is 6.49. The molecule has 0 radical (unpaired) electrons. The second-order valence-corrected chi connectivity index (χ2v) is 7.86. The van der Waals surface area contributed by atoms with E-state index in [1.54, 1.807) is 19.1 Å². The normalized spacial score (nSPS) is 18.8. The number of carbonyl (C=O) groups excluding carboxylic acids is 1. The Labute approximate surface area is 136 Å². The summed E-state index contributed by atoms with van der Waals surface area (Å²) in [7, 11) is -3.63. The van der Waals surface area contributed by atoms with Crippen LogP contribution in [0.15, 0.2) is 23.1 Å². The van der Waals surface area contributed by atoms with Gasteiger partial charge in [-0.25, -0.2) is 8.42 Å². The number of hydrogen-bond acceptors (Lipinski definition) is 4. The Morgan fingerprint density at radius 1 is 1.30 bits per heavy atom. The maximum Gasteiger partial charge on any atom is 0.251 e. The maximum absolute atomic E-state index is 12.9. The minimum Gasteiger partial charge on any atom is -0.492 e. The fourth-order valence-electron chi connectivity index (χ4n) is 2.69. The summed E-state index contributed by atoms with van der Waals surface area (Å²) in [6.07, 6.45) is 3.71. The summed E-state index contributed by atoms with van der Waals surface area (Å²) < 4.78 is 32.6. The van der Waals surface area contributed by atoms with Gasteiger partial charge in [0.25, 0.3) is 5.91 Å². The molecule has 1 aromatic carbocycles. The Hall–Kier alpha value is -1.60. The Morgan fingerprint density at radius 3 is 2.61 bits per heavy atom. The summed E-state index contributed by atoms with van der Waals surface area (Å²) in [4.78, 5) is 12.3. The van der Waals surface area contributed by atoms with Crippen LogP contribution in [0.4, 0.5) is 0 Å². The first-order valence-electron chi connectivity index (χ1n) is 8.10. The van der Waals surface area contributed by atoms with E-state index in [4.69, 9.17) is 4.74 Å². The van der Waals surface area contributed by atoms with Gasteiger partial charge < -0.3 is 10.1 Å². The summed E-state index contributed by atoms with van der Waals surface area (Å²) in [6, 6.07) is 4.86. The van der Waals surface area contributed by atoms with Crippen LogP contribution in [0.2, 0.25) is 0 Å². The highest BCUT2D eigenvalue weighted by atomic mass is 32.2. The molecule has 0 unspecified atom stereocenters. The van der Waals surface area contributed by atoms with Crippen molar-refractivity contribution in [3.05, 3.63) is 23.8 Å². The van der Waals surface area contributed by atoms with Gasteiger partial charge in [0.15, 0.2) is 0 Å². The monoisotopic (exact) mass is 338 g/mol. The predicted molar refractivity (Wildman–Crippen MR) is 86.1 cm³/mol. The van der Waals surface area contributed by atoms with Crippen LogP contribution in [0, 0.1) is 0 Å². The fourth-order valence-corrected chi connectivity index (χ4v) is 4.36. The third kappa shape index (κ3) is 3.50.